The van der Waals surface area contributed by atoms with Crippen LogP contribution in [0.15, 0.2) is 58.2 Å². The number of aromatic amines is 1. The highest BCUT2D eigenvalue weighted by atomic mass is 16.5. The Labute approximate surface area is 143 Å². The first-order valence-corrected chi connectivity index (χ1v) is 7.76. The van der Waals surface area contributed by atoms with Crippen LogP contribution in [0.25, 0.3) is 28.5 Å². The minimum atomic E-state index is -0.186. The minimum absolute atomic E-state index is 0.186. The first-order valence-electron chi connectivity index (χ1n) is 7.76. The van der Waals surface area contributed by atoms with Crippen LogP contribution in [0.3, 0.4) is 0 Å². The van der Waals surface area contributed by atoms with Crippen LogP contribution in [0, 0.1) is 13.8 Å². The molecule has 7 heteroatoms. The maximum absolute atomic E-state index is 12.0. The lowest BCUT2D eigenvalue weighted by molar-refractivity contribution is 0.432. The highest BCUT2D eigenvalue weighted by molar-refractivity contribution is 5.63. The number of nitrogens with zero attached hydrogens (tertiary/aromatic N) is 4. The number of rotatable bonds is 3. The summed E-state index contributed by atoms with van der Waals surface area (Å²) in [5, 5.41) is 4.06. The van der Waals surface area contributed by atoms with Crippen molar-refractivity contribution in [3.05, 3.63) is 70.7 Å². The molecule has 0 saturated carbocycles. The Morgan fingerprint density at radius 2 is 2.08 bits per heavy atom. The van der Waals surface area contributed by atoms with Gasteiger partial charge in [-0.25, -0.2) is 4.79 Å². The SMILES string of the molecule is Cc1ccncc1-c1nc(-c2cccc(-n3c(C)c[nH]c3=O)c2)no1. The third-order valence-electron chi connectivity index (χ3n) is 4.02. The summed E-state index contributed by atoms with van der Waals surface area (Å²) in [4.78, 5) is 23.2. The van der Waals surface area contributed by atoms with E-state index in [0.29, 0.717) is 11.7 Å². The zero-order chi connectivity index (χ0) is 17.4. The third kappa shape index (κ3) is 2.65. The quantitative estimate of drug-likeness (QED) is 0.622. The molecule has 4 aromatic rings. The van der Waals surface area contributed by atoms with Gasteiger partial charge in [-0.3, -0.25) is 9.55 Å². The van der Waals surface area contributed by atoms with Crippen LogP contribution in [0.4, 0.5) is 0 Å². The zero-order valence-corrected chi connectivity index (χ0v) is 13.7. The molecule has 0 unspecified atom stereocenters. The molecule has 0 radical (unpaired) electrons. The monoisotopic (exact) mass is 333 g/mol. The van der Waals surface area contributed by atoms with Gasteiger partial charge < -0.3 is 9.51 Å². The highest BCUT2D eigenvalue weighted by Gasteiger charge is 2.14. The molecule has 0 aliphatic carbocycles. The second-order valence-corrected chi connectivity index (χ2v) is 5.73. The zero-order valence-electron chi connectivity index (χ0n) is 13.7. The van der Waals surface area contributed by atoms with Crippen molar-refractivity contribution in [2.75, 3.05) is 0 Å². The van der Waals surface area contributed by atoms with Gasteiger partial charge in [-0.05, 0) is 37.6 Å². The highest BCUT2D eigenvalue weighted by Crippen LogP contribution is 2.25. The third-order valence-corrected chi connectivity index (χ3v) is 4.02. The smallest absolute Gasteiger partial charge is 0.330 e. The van der Waals surface area contributed by atoms with Crippen molar-refractivity contribution in [2.45, 2.75) is 13.8 Å². The maximum Gasteiger partial charge on any atom is 0.330 e. The Morgan fingerprint density at radius 3 is 2.84 bits per heavy atom. The Kier molecular flexibility index (Phi) is 3.53. The van der Waals surface area contributed by atoms with Gasteiger partial charge in [0.2, 0.25) is 5.82 Å². The molecule has 0 amide bonds. The predicted octanol–water partition coefficient (Wildman–Crippen LogP) is 2.89. The van der Waals surface area contributed by atoms with E-state index in [4.69, 9.17) is 4.52 Å². The lowest BCUT2D eigenvalue weighted by atomic mass is 10.1. The number of hydrogen-bond donors (Lipinski definition) is 1. The van der Waals surface area contributed by atoms with Crippen LogP contribution >= 0.6 is 0 Å². The van der Waals surface area contributed by atoms with Crippen LogP contribution in [-0.4, -0.2) is 24.7 Å². The fraction of sp³-hybridized carbons (Fsp3) is 0.111. The summed E-state index contributed by atoms with van der Waals surface area (Å²) in [6, 6.07) is 9.34. The van der Waals surface area contributed by atoms with Crippen LogP contribution < -0.4 is 5.69 Å². The summed E-state index contributed by atoms with van der Waals surface area (Å²) in [7, 11) is 0. The molecule has 3 heterocycles. The molecule has 3 aromatic heterocycles. The largest absolute Gasteiger partial charge is 0.334 e. The fourth-order valence-electron chi connectivity index (χ4n) is 2.70. The normalized spacial score (nSPS) is 11.0. The van der Waals surface area contributed by atoms with E-state index in [-0.39, 0.29) is 5.69 Å². The van der Waals surface area contributed by atoms with Gasteiger partial charge in [0.05, 0.1) is 11.3 Å². The molecule has 0 saturated heterocycles. The molecule has 7 nitrogen and oxygen atoms in total. The van der Waals surface area contributed by atoms with Gasteiger partial charge in [0.1, 0.15) is 0 Å². The van der Waals surface area contributed by atoms with Gasteiger partial charge in [-0.15, -0.1) is 0 Å². The van der Waals surface area contributed by atoms with Crippen molar-refractivity contribution in [1.82, 2.24) is 24.7 Å². The summed E-state index contributed by atoms with van der Waals surface area (Å²) in [5.41, 5.74) is 3.95. The number of nitrogens with one attached hydrogen (secondary N) is 1. The average Bonchev–Trinajstić information content (AvgIpc) is 3.23. The van der Waals surface area contributed by atoms with Gasteiger partial charge in [-0.1, -0.05) is 17.3 Å². The number of H-pyrrole nitrogens is 1. The molecule has 25 heavy (non-hydrogen) atoms. The number of imidazole rings is 1. The van der Waals surface area contributed by atoms with Gasteiger partial charge in [0, 0.05) is 29.8 Å². The summed E-state index contributed by atoms with van der Waals surface area (Å²) in [6.45, 7) is 3.82. The average molecular weight is 333 g/mol. The first kappa shape index (κ1) is 15.1. The van der Waals surface area contributed by atoms with Crippen molar-refractivity contribution < 1.29 is 4.52 Å². The lowest BCUT2D eigenvalue weighted by Gasteiger charge is -2.05. The molecule has 0 spiro atoms. The topological polar surface area (TPSA) is 89.6 Å². The van der Waals surface area contributed by atoms with E-state index >= 15 is 0 Å². The molecule has 124 valence electrons. The second kappa shape index (κ2) is 5.86. The summed E-state index contributed by atoms with van der Waals surface area (Å²) >= 11 is 0. The Hall–Kier alpha value is -3.48. The first-order chi connectivity index (χ1) is 12.1. The Morgan fingerprint density at radius 1 is 1.20 bits per heavy atom. The van der Waals surface area contributed by atoms with Crippen LogP contribution in [0.1, 0.15) is 11.3 Å². The molecular formula is C18H15N5O2. The summed E-state index contributed by atoms with van der Waals surface area (Å²) in [5.74, 6) is 0.877. The number of benzene rings is 1. The van der Waals surface area contributed by atoms with E-state index in [2.05, 4.69) is 20.1 Å². The van der Waals surface area contributed by atoms with Gasteiger partial charge in [0.25, 0.3) is 5.89 Å². The number of aryl methyl sites for hydroxylation is 2. The molecule has 0 bridgehead atoms. The molecule has 0 aliphatic heterocycles. The van der Waals surface area contributed by atoms with Crippen LogP contribution in [0.5, 0.6) is 0 Å². The number of hydrogen-bond acceptors (Lipinski definition) is 5. The van der Waals surface area contributed by atoms with Crippen LogP contribution in [-0.2, 0) is 0 Å². The van der Waals surface area contributed by atoms with E-state index in [1.807, 2.05) is 44.2 Å². The van der Waals surface area contributed by atoms with E-state index < -0.39 is 0 Å². The summed E-state index contributed by atoms with van der Waals surface area (Å²) in [6.07, 6.45) is 5.09. The van der Waals surface area contributed by atoms with E-state index in [1.54, 1.807) is 23.2 Å². The minimum Gasteiger partial charge on any atom is -0.334 e. The van der Waals surface area contributed by atoms with Crippen LogP contribution in [0.2, 0.25) is 0 Å². The van der Waals surface area contributed by atoms with E-state index in [1.165, 1.54) is 0 Å². The van der Waals surface area contributed by atoms with Gasteiger partial charge >= 0.3 is 5.69 Å². The Balaban J connectivity index is 1.76. The molecule has 1 N–H and O–H groups in total. The van der Waals surface area contributed by atoms with Gasteiger partial charge in [0.15, 0.2) is 0 Å². The number of aromatic nitrogens is 5. The number of pyridine rings is 1. The summed E-state index contributed by atoms with van der Waals surface area (Å²) < 4.78 is 6.98. The molecule has 0 atom stereocenters. The van der Waals surface area contributed by atoms with Gasteiger partial charge in [-0.2, -0.15) is 4.98 Å². The molecule has 1 aromatic carbocycles. The molecule has 0 aliphatic rings. The molecule has 0 fully saturated rings. The van der Waals surface area contributed by atoms with E-state index in [0.717, 1.165) is 28.1 Å². The van der Waals surface area contributed by atoms with E-state index in [9.17, 15) is 4.79 Å². The lowest BCUT2D eigenvalue weighted by Crippen LogP contribution is -2.15. The predicted molar refractivity (Wildman–Crippen MR) is 92.4 cm³/mol. The van der Waals surface area contributed by atoms with Crippen molar-refractivity contribution >= 4 is 0 Å². The standard InChI is InChI=1S/C18H15N5O2/c1-11-6-7-19-10-15(11)17-21-16(22-25-17)13-4-3-5-14(8-13)23-12(2)9-20-18(23)24/h3-10H,1-2H3,(H,20,24). The Bertz CT molecular complexity index is 1110. The van der Waals surface area contributed by atoms with Crippen molar-refractivity contribution in [1.29, 1.82) is 0 Å². The van der Waals surface area contributed by atoms with Crippen molar-refractivity contribution in [3.8, 4) is 28.5 Å². The second-order valence-electron chi connectivity index (χ2n) is 5.73. The van der Waals surface area contributed by atoms with Crippen molar-refractivity contribution in [2.24, 2.45) is 0 Å². The maximum atomic E-state index is 12.0. The molecular weight excluding hydrogens is 318 g/mol. The molecule has 4 rings (SSSR count). The van der Waals surface area contributed by atoms with Crippen molar-refractivity contribution in [3.63, 3.8) is 0 Å². The fourth-order valence-corrected chi connectivity index (χ4v) is 2.70.